The van der Waals surface area contributed by atoms with E-state index in [-0.39, 0.29) is 5.97 Å². The normalized spacial score (nSPS) is 15.0. The summed E-state index contributed by atoms with van der Waals surface area (Å²) in [6.45, 7) is 2.61. The fourth-order valence-electron chi connectivity index (χ4n) is 4.37. The Hall–Kier alpha value is -3.23. The third-order valence-corrected chi connectivity index (χ3v) is 7.46. The molecule has 0 bridgehead atoms. The third kappa shape index (κ3) is 5.39. The first-order valence-corrected chi connectivity index (χ1v) is 12.8. The van der Waals surface area contributed by atoms with Crippen LogP contribution in [0.4, 0.5) is 11.5 Å². The fourth-order valence-corrected chi connectivity index (χ4v) is 5.91. The van der Waals surface area contributed by atoms with Gasteiger partial charge in [0.2, 0.25) is 0 Å². The minimum absolute atomic E-state index is 0.117. The molecule has 3 aromatic heterocycles. The molecule has 35 heavy (non-hydrogen) atoms. The maximum Gasteiger partial charge on any atom is 0.306 e. The van der Waals surface area contributed by atoms with Gasteiger partial charge in [-0.25, -0.2) is 9.97 Å². The molecule has 0 spiro atoms. The zero-order valence-corrected chi connectivity index (χ0v) is 20.9. The number of carbonyl (C=O) groups excluding carboxylic acids is 1. The highest BCUT2D eigenvalue weighted by Gasteiger charge is 2.27. The maximum absolute atomic E-state index is 11.9. The zero-order valence-electron chi connectivity index (χ0n) is 19.3. The smallest absolute Gasteiger partial charge is 0.306 e. The summed E-state index contributed by atoms with van der Waals surface area (Å²) in [7, 11) is 0. The van der Waals surface area contributed by atoms with E-state index >= 15 is 0 Å². The summed E-state index contributed by atoms with van der Waals surface area (Å²) in [4.78, 5) is 27.5. The molecular weight excluding hydrogens is 484 g/mol. The molecule has 3 heterocycles. The summed E-state index contributed by atoms with van der Waals surface area (Å²) < 4.78 is 11.0. The summed E-state index contributed by atoms with van der Waals surface area (Å²) in [6, 6.07) is 11.3. The van der Waals surface area contributed by atoms with E-state index in [2.05, 4.69) is 20.3 Å². The topological polar surface area (TPSA) is 86.2 Å². The monoisotopic (exact) mass is 508 g/mol. The van der Waals surface area contributed by atoms with Gasteiger partial charge in [-0.15, -0.1) is 11.3 Å². The first-order valence-electron chi connectivity index (χ1n) is 11.6. The van der Waals surface area contributed by atoms with Crippen molar-refractivity contribution in [2.75, 3.05) is 11.9 Å². The Labute approximate surface area is 212 Å². The van der Waals surface area contributed by atoms with Crippen molar-refractivity contribution in [3.05, 3.63) is 70.1 Å². The number of aryl methyl sites for hydroxylation is 1. The highest BCUT2D eigenvalue weighted by molar-refractivity contribution is 7.19. The van der Waals surface area contributed by atoms with Crippen LogP contribution < -0.4 is 10.1 Å². The first kappa shape index (κ1) is 23.5. The van der Waals surface area contributed by atoms with Crippen LogP contribution in [0.1, 0.15) is 35.9 Å². The van der Waals surface area contributed by atoms with Gasteiger partial charge in [0, 0.05) is 23.2 Å². The summed E-state index contributed by atoms with van der Waals surface area (Å²) in [5.74, 6) is 1.54. The van der Waals surface area contributed by atoms with Crippen molar-refractivity contribution < 1.29 is 14.3 Å². The number of ether oxygens (including phenoxy) is 2. The van der Waals surface area contributed by atoms with Crippen LogP contribution in [-0.4, -0.2) is 27.5 Å². The Morgan fingerprint density at radius 3 is 2.94 bits per heavy atom. The number of hydrogen-bond acceptors (Lipinski definition) is 8. The largest absolute Gasteiger partial charge is 0.486 e. The molecule has 1 unspecified atom stereocenters. The van der Waals surface area contributed by atoms with Crippen molar-refractivity contribution in [2.24, 2.45) is 5.92 Å². The molecule has 0 aliphatic heterocycles. The lowest BCUT2D eigenvalue weighted by molar-refractivity contribution is -0.144. The minimum atomic E-state index is -0.117. The molecule has 7 nitrogen and oxygen atoms in total. The predicted molar refractivity (Wildman–Crippen MR) is 137 cm³/mol. The molecular formula is C26H25ClN4O3S. The Morgan fingerprint density at radius 1 is 1.23 bits per heavy atom. The molecule has 0 saturated carbocycles. The van der Waals surface area contributed by atoms with Gasteiger partial charge in [-0.2, -0.15) is 0 Å². The number of anilines is 2. The van der Waals surface area contributed by atoms with Crippen LogP contribution in [0.25, 0.3) is 10.2 Å². The number of pyridine rings is 1. The number of carbonyl (C=O) groups is 1. The number of nitrogens with one attached hydrogen (secondary N) is 1. The van der Waals surface area contributed by atoms with E-state index in [0.29, 0.717) is 36.3 Å². The molecule has 1 N–H and O–H groups in total. The summed E-state index contributed by atoms with van der Waals surface area (Å²) in [5.41, 5.74) is 2.92. The second kappa shape index (κ2) is 10.6. The summed E-state index contributed by atoms with van der Waals surface area (Å²) in [6.07, 6.45) is 6.48. The second-order valence-electron chi connectivity index (χ2n) is 8.40. The molecule has 0 fully saturated rings. The number of hydrogen-bond donors (Lipinski definition) is 1. The minimum Gasteiger partial charge on any atom is -0.486 e. The third-order valence-electron chi connectivity index (χ3n) is 6.00. The van der Waals surface area contributed by atoms with Gasteiger partial charge >= 0.3 is 5.97 Å². The number of nitrogens with zero attached hydrogens (tertiary/aromatic N) is 3. The van der Waals surface area contributed by atoms with Gasteiger partial charge in [0.15, 0.2) is 0 Å². The van der Waals surface area contributed by atoms with E-state index in [1.807, 2.05) is 43.3 Å². The number of rotatable bonds is 8. The Bertz CT molecular complexity index is 1350. The van der Waals surface area contributed by atoms with Crippen molar-refractivity contribution in [1.29, 1.82) is 0 Å². The van der Waals surface area contributed by atoms with Gasteiger partial charge in [-0.3, -0.25) is 9.78 Å². The quantitative estimate of drug-likeness (QED) is 0.287. The van der Waals surface area contributed by atoms with Gasteiger partial charge in [0.1, 0.15) is 29.3 Å². The van der Waals surface area contributed by atoms with Gasteiger partial charge in [0.25, 0.3) is 0 Å². The van der Waals surface area contributed by atoms with E-state index in [1.54, 1.807) is 23.9 Å². The fraction of sp³-hybridized carbons (Fsp3) is 0.308. The highest BCUT2D eigenvalue weighted by atomic mass is 35.5. The average Bonchev–Trinajstić information content (AvgIpc) is 3.23. The standard InChI is InChI=1S/C26H25ClN4O3S/c1-2-33-23(32)12-16-6-8-19-22(11-16)35-26-24(19)25(29-15-30-26)31-17-7-9-21(20(27)13-17)34-14-18-5-3-4-10-28-18/h3-5,7,9-10,13,15-16H,2,6,8,11-12,14H2,1H3,(H,29,30,31). The van der Waals surface area contributed by atoms with Gasteiger partial charge in [-0.1, -0.05) is 17.7 Å². The number of esters is 1. The van der Waals surface area contributed by atoms with Crippen molar-refractivity contribution in [3.8, 4) is 5.75 Å². The summed E-state index contributed by atoms with van der Waals surface area (Å²) >= 11 is 8.18. The molecule has 1 aromatic carbocycles. The van der Waals surface area contributed by atoms with Crippen molar-refractivity contribution in [1.82, 2.24) is 15.0 Å². The number of halogens is 1. The number of thiophene rings is 1. The van der Waals surface area contributed by atoms with Crippen LogP contribution >= 0.6 is 22.9 Å². The van der Waals surface area contributed by atoms with Crippen LogP contribution in [0.15, 0.2) is 48.9 Å². The lowest BCUT2D eigenvalue weighted by atomic mass is 9.86. The van der Waals surface area contributed by atoms with Crippen LogP contribution in [0.3, 0.4) is 0 Å². The van der Waals surface area contributed by atoms with Crippen molar-refractivity contribution in [3.63, 3.8) is 0 Å². The first-order chi connectivity index (χ1) is 17.1. The average molecular weight is 509 g/mol. The molecule has 4 aromatic rings. The van der Waals surface area contributed by atoms with Gasteiger partial charge in [-0.05, 0) is 68.0 Å². The molecule has 0 saturated heterocycles. The number of aromatic nitrogens is 3. The van der Waals surface area contributed by atoms with Crippen LogP contribution in [0.2, 0.25) is 5.02 Å². The Balaban J connectivity index is 1.32. The molecule has 1 aliphatic rings. The van der Waals surface area contributed by atoms with Crippen molar-refractivity contribution >= 4 is 50.6 Å². The Kier molecular flexibility index (Phi) is 7.11. The van der Waals surface area contributed by atoms with E-state index in [0.717, 1.165) is 46.7 Å². The molecule has 1 atom stereocenters. The lowest BCUT2D eigenvalue weighted by Crippen LogP contribution is -2.18. The van der Waals surface area contributed by atoms with Crippen LogP contribution in [0, 0.1) is 5.92 Å². The zero-order chi connectivity index (χ0) is 24.2. The lowest BCUT2D eigenvalue weighted by Gasteiger charge is -2.21. The van der Waals surface area contributed by atoms with Crippen LogP contribution in [0.5, 0.6) is 5.75 Å². The SMILES string of the molecule is CCOC(=O)CC1CCc2c(sc3ncnc(Nc4ccc(OCc5ccccn5)c(Cl)c4)c23)C1. The molecule has 180 valence electrons. The molecule has 0 radical (unpaired) electrons. The van der Waals surface area contributed by atoms with Crippen molar-refractivity contribution in [2.45, 2.75) is 39.2 Å². The number of benzene rings is 1. The van der Waals surface area contributed by atoms with E-state index in [4.69, 9.17) is 21.1 Å². The molecule has 5 rings (SSSR count). The van der Waals surface area contributed by atoms with Crippen LogP contribution in [-0.2, 0) is 29.0 Å². The van der Waals surface area contributed by atoms with E-state index in [9.17, 15) is 4.79 Å². The predicted octanol–water partition coefficient (Wildman–Crippen LogP) is 6.12. The number of fused-ring (bicyclic) bond motifs is 3. The molecule has 9 heteroatoms. The maximum atomic E-state index is 11.9. The second-order valence-corrected chi connectivity index (χ2v) is 9.89. The van der Waals surface area contributed by atoms with E-state index < -0.39 is 0 Å². The van der Waals surface area contributed by atoms with Gasteiger partial charge < -0.3 is 14.8 Å². The summed E-state index contributed by atoms with van der Waals surface area (Å²) in [5, 5.41) is 4.97. The Morgan fingerprint density at radius 2 is 2.14 bits per heavy atom. The van der Waals surface area contributed by atoms with E-state index in [1.165, 1.54) is 10.4 Å². The van der Waals surface area contributed by atoms with Gasteiger partial charge in [0.05, 0.1) is 22.7 Å². The molecule has 0 amide bonds. The molecule has 1 aliphatic carbocycles. The highest BCUT2D eigenvalue weighted by Crippen LogP contribution is 2.41.